The predicted octanol–water partition coefficient (Wildman–Crippen LogP) is 3.06. The van der Waals surface area contributed by atoms with Crippen LogP contribution in [0.4, 0.5) is 8.78 Å². The Kier molecular flexibility index (Phi) is 5.12. The Morgan fingerprint density at radius 2 is 2.15 bits per heavy atom. The standard InChI is InChI=1S/C14H19BrF2N2O/c1-20-14(5-2-6-14)8-9(19-18)7-10-12(16)4-3-11(15)13(10)17/h3-4,9,19H,2,5-8,18H2,1H3. The van der Waals surface area contributed by atoms with Crippen molar-refractivity contribution in [1.82, 2.24) is 5.43 Å². The fourth-order valence-electron chi connectivity index (χ4n) is 2.70. The number of rotatable bonds is 6. The summed E-state index contributed by atoms with van der Waals surface area (Å²) in [4.78, 5) is 0. The van der Waals surface area contributed by atoms with Crippen LogP contribution in [0.15, 0.2) is 16.6 Å². The van der Waals surface area contributed by atoms with Crippen LogP contribution in [-0.2, 0) is 11.2 Å². The van der Waals surface area contributed by atoms with Gasteiger partial charge in [0, 0.05) is 18.7 Å². The lowest BCUT2D eigenvalue weighted by Crippen LogP contribution is -2.48. The molecule has 0 bridgehead atoms. The van der Waals surface area contributed by atoms with Crippen LogP contribution in [0.3, 0.4) is 0 Å². The van der Waals surface area contributed by atoms with E-state index in [4.69, 9.17) is 10.6 Å². The molecule has 0 heterocycles. The summed E-state index contributed by atoms with van der Waals surface area (Å²) in [5.41, 5.74) is 2.50. The summed E-state index contributed by atoms with van der Waals surface area (Å²) in [6.45, 7) is 0. The summed E-state index contributed by atoms with van der Waals surface area (Å²) in [6, 6.07) is 2.39. The largest absolute Gasteiger partial charge is 0.378 e. The van der Waals surface area contributed by atoms with Gasteiger partial charge in [0.15, 0.2) is 0 Å². The molecule has 112 valence electrons. The van der Waals surface area contributed by atoms with Gasteiger partial charge in [-0.15, -0.1) is 0 Å². The van der Waals surface area contributed by atoms with Gasteiger partial charge in [0.25, 0.3) is 0 Å². The Morgan fingerprint density at radius 1 is 1.45 bits per heavy atom. The Bertz CT molecular complexity index is 475. The molecule has 0 aliphatic heterocycles. The summed E-state index contributed by atoms with van der Waals surface area (Å²) in [7, 11) is 1.67. The molecule has 3 N–H and O–H groups in total. The number of hydrazine groups is 1. The van der Waals surface area contributed by atoms with Crippen LogP contribution in [0.2, 0.25) is 0 Å². The van der Waals surface area contributed by atoms with Crippen molar-refractivity contribution in [2.75, 3.05) is 7.11 Å². The molecule has 2 rings (SSSR count). The monoisotopic (exact) mass is 348 g/mol. The fourth-order valence-corrected chi connectivity index (χ4v) is 3.08. The van der Waals surface area contributed by atoms with Crippen molar-refractivity contribution >= 4 is 15.9 Å². The minimum absolute atomic E-state index is 0.0490. The average molecular weight is 349 g/mol. The van der Waals surface area contributed by atoms with E-state index in [0.29, 0.717) is 6.42 Å². The van der Waals surface area contributed by atoms with Gasteiger partial charge in [-0.1, -0.05) is 0 Å². The summed E-state index contributed by atoms with van der Waals surface area (Å²) in [5, 5.41) is 0. The molecule has 1 aliphatic rings. The number of benzene rings is 1. The summed E-state index contributed by atoms with van der Waals surface area (Å²) in [5.74, 6) is 4.42. The number of hydrogen-bond acceptors (Lipinski definition) is 3. The zero-order valence-corrected chi connectivity index (χ0v) is 13.0. The van der Waals surface area contributed by atoms with Crippen molar-refractivity contribution in [3.8, 4) is 0 Å². The van der Waals surface area contributed by atoms with Gasteiger partial charge in [-0.05, 0) is 60.2 Å². The van der Waals surface area contributed by atoms with Crippen LogP contribution in [0.1, 0.15) is 31.2 Å². The highest BCUT2D eigenvalue weighted by molar-refractivity contribution is 9.10. The highest BCUT2D eigenvalue weighted by Crippen LogP contribution is 2.39. The van der Waals surface area contributed by atoms with E-state index < -0.39 is 11.6 Å². The third-order valence-electron chi connectivity index (χ3n) is 4.14. The Labute approximate surface area is 126 Å². The van der Waals surface area contributed by atoms with E-state index in [-0.39, 0.29) is 28.1 Å². The van der Waals surface area contributed by atoms with Crippen molar-refractivity contribution in [3.63, 3.8) is 0 Å². The molecule has 1 saturated carbocycles. The van der Waals surface area contributed by atoms with Crippen LogP contribution >= 0.6 is 15.9 Å². The van der Waals surface area contributed by atoms with Gasteiger partial charge in [-0.25, -0.2) is 8.78 Å². The molecule has 1 unspecified atom stereocenters. The summed E-state index contributed by atoms with van der Waals surface area (Å²) < 4.78 is 33.6. The number of ether oxygens (including phenoxy) is 1. The van der Waals surface area contributed by atoms with Crippen molar-refractivity contribution in [2.45, 2.75) is 43.7 Å². The molecule has 6 heteroatoms. The number of halogens is 3. The van der Waals surface area contributed by atoms with Crippen LogP contribution in [0.25, 0.3) is 0 Å². The first-order valence-corrected chi connectivity index (χ1v) is 7.44. The van der Waals surface area contributed by atoms with E-state index in [2.05, 4.69) is 21.4 Å². The Morgan fingerprint density at radius 3 is 2.65 bits per heavy atom. The van der Waals surface area contributed by atoms with Gasteiger partial charge >= 0.3 is 0 Å². The quantitative estimate of drug-likeness (QED) is 0.471. The predicted molar refractivity (Wildman–Crippen MR) is 77.1 cm³/mol. The molecule has 3 nitrogen and oxygen atoms in total. The van der Waals surface area contributed by atoms with Crippen molar-refractivity contribution in [1.29, 1.82) is 0 Å². The molecule has 0 amide bonds. The maximum Gasteiger partial charge on any atom is 0.143 e. The second kappa shape index (κ2) is 6.47. The van der Waals surface area contributed by atoms with E-state index >= 15 is 0 Å². The molecule has 20 heavy (non-hydrogen) atoms. The first-order valence-electron chi connectivity index (χ1n) is 6.65. The van der Waals surface area contributed by atoms with E-state index in [1.807, 2.05) is 0 Å². The smallest absolute Gasteiger partial charge is 0.143 e. The fraction of sp³-hybridized carbons (Fsp3) is 0.571. The zero-order chi connectivity index (χ0) is 14.8. The van der Waals surface area contributed by atoms with Gasteiger partial charge in [0.1, 0.15) is 11.6 Å². The second-order valence-electron chi connectivity index (χ2n) is 5.33. The third kappa shape index (κ3) is 3.19. The normalized spacial score (nSPS) is 18.6. The number of methoxy groups -OCH3 is 1. The molecule has 1 aliphatic carbocycles. The maximum absolute atomic E-state index is 14.0. The summed E-state index contributed by atoms with van der Waals surface area (Å²) in [6.07, 6.45) is 3.88. The number of hydrogen-bond donors (Lipinski definition) is 2. The lowest BCUT2D eigenvalue weighted by molar-refractivity contribution is -0.0835. The van der Waals surface area contributed by atoms with Gasteiger partial charge in [-0.2, -0.15) is 0 Å². The van der Waals surface area contributed by atoms with Gasteiger partial charge in [0.2, 0.25) is 0 Å². The van der Waals surface area contributed by atoms with E-state index in [1.54, 1.807) is 7.11 Å². The molecular weight excluding hydrogens is 330 g/mol. The van der Waals surface area contributed by atoms with Gasteiger partial charge in [-0.3, -0.25) is 11.3 Å². The summed E-state index contributed by atoms with van der Waals surface area (Å²) >= 11 is 3.07. The van der Waals surface area contributed by atoms with Gasteiger partial charge < -0.3 is 4.74 Å². The minimum atomic E-state index is -0.565. The van der Waals surface area contributed by atoms with E-state index in [1.165, 1.54) is 12.1 Å². The molecule has 0 spiro atoms. The number of nitrogens with two attached hydrogens (primary N) is 1. The topological polar surface area (TPSA) is 47.3 Å². The van der Waals surface area contributed by atoms with Crippen molar-refractivity contribution in [2.24, 2.45) is 5.84 Å². The lowest BCUT2D eigenvalue weighted by Gasteiger charge is -2.42. The van der Waals surface area contributed by atoms with Crippen LogP contribution in [-0.4, -0.2) is 18.8 Å². The molecule has 0 aromatic heterocycles. The minimum Gasteiger partial charge on any atom is -0.378 e. The molecule has 0 saturated heterocycles. The van der Waals surface area contributed by atoms with Crippen molar-refractivity contribution in [3.05, 3.63) is 33.8 Å². The highest BCUT2D eigenvalue weighted by Gasteiger charge is 2.39. The van der Waals surface area contributed by atoms with E-state index in [9.17, 15) is 8.78 Å². The molecule has 0 radical (unpaired) electrons. The maximum atomic E-state index is 14.0. The molecule has 1 aromatic rings. The SMILES string of the molecule is COC1(CC(Cc2c(F)ccc(Br)c2F)NN)CCC1. The molecular formula is C14H19BrF2N2O. The Balaban J connectivity index is 2.12. The Hall–Kier alpha value is -0.560. The van der Waals surface area contributed by atoms with Crippen LogP contribution in [0, 0.1) is 11.6 Å². The van der Waals surface area contributed by atoms with E-state index in [0.717, 1.165) is 19.3 Å². The lowest BCUT2D eigenvalue weighted by atomic mass is 9.75. The second-order valence-corrected chi connectivity index (χ2v) is 6.19. The van der Waals surface area contributed by atoms with Crippen molar-refractivity contribution < 1.29 is 13.5 Å². The van der Waals surface area contributed by atoms with Crippen LogP contribution < -0.4 is 11.3 Å². The first-order chi connectivity index (χ1) is 9.51. The molecule has 1 fully saturated rings. The highest BCUT2D eigenvalue weighted by atomic mass is 79.9. The number of nitrogens with one attached hydrogen (secondary N) is 1. The average Bonchev–Trinajstić information content (AvgIpc) is 2.41. The first kappa shape index (κ1) is 15.8. The molecule has 1 atom stereocenters. The van der Waals surface area contributed by atoms with Crippen LogP contribution in [0.5, 0.6) is 0 Å². The third-order valence-corrected chi connectivity index (χ3v) is 4.75. The molecule has 1 aromatic carbocycles. The zero-order valence-electron chi connectivity index (χ0n) is 11.4. The van der Waals surface area contributed by atoms with Gasteiger partial charge in [0.05, 0.1) is 10.1 Å².